The van der Waals surface area contributed by atoms with Gasteiger partial charge in [-0.25, -0.2) is 14.6 Å². The minimum Gasteiger partial charge on any atom is -0.416 e. The fourth-order valence-corrected chi connectivity index (χ4v) is 4.57. The molecule has 1 fully saturated rings. The summed E-state index contributed by atoms with van der Waals surface area (Å²) in [6.45, 7) is 0.935. The zero-order valence-corrected chi connectivity index (χ0v) is 22.0. The molecule has 226 valence electrons. The molecule has 10 nitrogen and oxygen atoms in total. The van der Waals surface area contributed by atoms with E-state index in [0.29, 0.717) is 10.9 Å². The molecule has 1 aliphatic rings. The van der Waals surface area contributed by atoms with E-state index in [0.717, 1.165) is 37.2 Å². The molecule has 0 radical (unpaired) electrons. The molecule has 16 heteroatoms. The highest BCUT2D eigenvalue weighted by Gasteiger charge is 2.45. The number of halogens is 6. The van der Waals surface area contributed by atoms with Gasteiger partial charge in [-0.15, -0.1) is 0 Å². The number of benzene rings is 1. The topological polar surface area (TPSA) is 140 Å². The number of aryl methyl sites for hydroxylation is 1. The van der Waals surface area contributed by atoms with Crippen molar-refractivity contribution in [2.75, 3.05) is 25.5 Å². The average molecular weight is 602 g/mol. The number of rotatable bonds is 8. The molecule has 4 N–H and O–H groups in total. The molecule has 1 saturated heterocycles. The van der Waals surface area contributed by atoms with Crippen LogP contribution in [0.15, 0.2) is 30.5 Å². The van der Waals surface area contributed by atoms with Crippen LogP contribution in [0.3, 0.4) is 0 Å². The SMILES string of the molecule is CN1CCC[C@H]1c1cc2cnc(NC(=O)c3ccc(CCCN)c(OC(=O)C(F)(F)F)c3OC(=O)C(F)(F)F)cc2[nH]1. The molecule has 1 atom stereocenters. The number of aromatic nitrogens is 2. The Hall–Kier alpha value is -4.18. The fraction of sp³-hybridized carbons (Fsp3) is 0.385. The Bertz CT molecular complexity index is 1500. The molecule has 3 heterocycles. The number of esters is 2. The van der Waals surface area contributed by atoms with Crippen molar-refractivity contribution in [2.45, 2.75) is 44.1 Å². The molecule has 0 spiro atoms. The Morgan fingerprint density at radius 2 is 1.74 bits per heavy atom. The molecule has 0 unspecified atom stereocenters. The minimum absolute atomic E-state index is 0.0121. The van der Waals surface area contributed by atoms with E-state index in [1.54, 1.807) is 0 Å². The Balaban J connectivity index is 1.72. The van der Waals surface area contributed by atoms with E-state index in [-0.39, 0.29) is 36.8 Å². The van der Waals surface area contributed by atoms with Crippen LogP contribution in [0.1, 0.15) is 46.9 Å². The third-order valence-corrected chi connectivity index (χ3v) is 6.59. The second kappa shape index (κ2) is 12.0. The first-order valence-electron chi connectivity index (χ1n) is 12.6. The Morgan fingerprint density at radius 3 is 2.33 bits per heavy atom. The van der Waals surface area contributed by atoms with Crippen LogP contribution < -0.4 is 20.5 Å². The van der Waals surface area contributed by atoms with Crippen molar-refractivity contribution in [3.05, 3.63) is 47.3 Å². The van der Waals surface area contributed by atoms with Gasteiger partial charge in [0.25, 0.3) is 5.91 Å². The van der Waals surface area contributed by atoms with Crippen molar-refractivity contribution < 1.29 is 50.2 Å². The summed E-state index contributed by atoms with van der Waals surface area (Å²) in [6, 6.07) is 5.48. The molecule has 1 aliphatic heterocycles. The van der Waals surface area contributed by atoms with Crippen molar-refractivity contribution in [1.82, 2.24) is 14.9 Å². The van der Waals surface area contributed by atoms with Gasteiger partial charge in [0.05, 0.1) is 11.1 Å². The van der Waals surface area contributed by atoms with E-state index in [1.165, 1.54) is 12.3 Å². The molecular weight excluding hydrogens is 576 g/mol. The number of nitrogens with zero attached hydrogens (tertiary/aromatic N) is 2. The van der Waals surface area contributed by atoms with Crippen LogP contribution in [0, 0.1) is 0 Å². The number of alkyl halides is 6. The summed E-state index contributed by atoms with van der Waals surface area (Å²) in [5.41, 5.74) is 5.84. The summed E-state index contributed by atoms with van der Waals surface area (Å²) in [6.07, 6.45) is -7.85. The lowest BCUT2D eigenvalue weighted by atomic mass is 10.0. The number of ether oxygens (including phenoxy) is 2. The predicted molar refractivity (Wildman–Crippen MR) is 136 cm³/mol. The number of aromatic amines is 1. The third kappa shape index (κ3) is 6.82. The molecule has 2 aromatic heterocycles. The van der Waals surface area contributed by atoms with Gasteiger partial charge < -0.3 is 25.5 Å². The van der Waals surface area contributed by atoms with E-state index in [2.05, 4.69) is 29.7 Å². The maximum atomic E-state index is 13.2. The van der Waals surface area contributed by atoms with E-state index < -0.39 is 47.3 Å². The van der Waals surface area contributed by atoms with E-state index in [1.807, 2.05) is 13.1 Å². The lowest BCUT2D eigenvalue weighted by molar-refractivity contribution is -0.191. The van der Waals surface area contributed by atoms with Gasteiger partial charge in [0.15, 0.2) is 11.5 Å². The number of nitrogens with two attached hydrogens (primary N) is 1. The summed E-state index contributed by atoms with van der Waals surface area (Å²) < 4.78 is 87.0. The first kappa shape index (κ1) is 30.8. The molecule has 0 aliphatic carbocycles. The molecule has 4 rings (SSSR count). The maximum Gasteiger partial charge on any atom is 0.491 e. The van der Waals surface area contributed by atoms with Crippen LogP contribution in [0.2, 0.25) is 0 Å². The maximum absolute atomic E-state index is 13.2. The molecule has 42 heavy (non-hydrogen) atoms. The van der Waals surface area contributed by atoms with Crippen LogP contribution in [-0.2, 0) is 16.0 Å². The number of pyridine rings is 1. The number of H-pyrrole nitrogens is 1. The van der Waals surface area contributed by atoms with E-state index >= 15 is 0 Å². The first-order chi connectivity index (χ1) is 19.7. The van der Waals surface area contributed by atoms with Crippen LogP contribution in [0.4, 0.5) is 32.2 Å². The van der Waals surface area contributed by atoms with Crippen LogP contribution >= 0.6 is 0 Å². The lowest BCUT2D eigenvalue weighted by Crippen LogP contribution is -2.31. The van der Waals surface area contributed by atoms with Crippen molar-refractivity contribution in [3.63, 3.8) is 0 Å². The number of carbonyl (C=O) groups excluding carboxylic acids is 3. The van der Waals surface area contributed by atoms with Crippen molar-refractivity contribution >= 4 is 34.6 Å². The molecular formula is C26H25F6N5O5. The van der Waals surface area contributed by atoms with Gasteiger partial charge in [-0.1, -0.05) is 6.07 Å². The largest absolute Gasteiger partial charge is 0.491 e. The highest BCUT2D eigenvalue weighted by molar-refractivity contribution is 6.07. The van der Waals surface area contributed by atoms with Gasteiger partial charge in [0.2, 0.25) is 0 Å². The van der Waals surface area contributed by atoms with E-state index in [9.17, 15) is 40.7 Å². The zero-order chi connectivity index (χ0) is 30.8. The number of likely N-dealkylation sites (tertiary alicyclic amines) is 1. The predicted octanol–water partition coefficient (Wildman–Crippen LogP) is 4.41. The smallest absolute Gasteiger partial charge is 0.416 e. The van der Waals surface area contributed by atoms with Crippen molar-refractivity contribution in [3.8, 4) is 11.5 Å². The molecule has 3 aromatic rings. The molecule has 1 aromatic carbocycles. The summed E-state index contributed by atoms with van der Waals surface area (Å²) in [5, 5.41) is 3.04. The molecule has 1 amide bonds. The second-order valence-corrected chi connectivity index (χ2v) is 9.57. The first-order valence-corrected chi connectivity index (χ1v) is 12.6. The Labute approximate surface area is 234 Å². The highest BCUT2D eigenvalue weighted by Crippen LogP contribution is 2.39. The highest BCUT2D eigenvalue weighted by atomic mass is 19.4. The number of amides is 1. The number of anilines is 1. The van der Waals surface area contributed by atoms with Crippen molar-refractivity contribution in [1.29, 1.82) is 0 Å². The van der Waals surface area contributed by atoms with Crippen molar-refractivity contribution in [2.24, 2.45) is 5.73 Å². The van der Waals surface area contributed by atoms with Gasteiger partial charge in [-0.05, 0) is 63.5 Å². The number of nitrogens with one attached hydrogen (secondary N) is 2. The standard InChI is InChI=1S/C26H25F6N5O5/c1-37-9-3-5-18(37)17-10-14-12-34-19(11-16(14)35-17)36-22(38)15-7-6-13(4-2-8-33)20(41-23(39)25(27,28)29)21(15)42-24(40)26(30,31)32/h6-7,10-12,18,35H,2-5,8-9,33H2,1H3,(H,34,36,38)/t18-/m0/s1. The minimum atomic E-state index is -5.60. The Morgan fingerprint density at radius 1 is 1.07 bits per heavy atom. The normalized spacial score (nSPS) is 16.0. The fourth-order valence-electron chi connectivity index (χ4n) is 4.57. The summed E-state index contributed by atoms with van der Waals surface area (Å²) >= 11 is 0. The van der Waals surface area contributed by atoms with Gasteiger partial charge >= 0.3 is 24.3 Å². The van der Waals surface area contributed by atoms with Crippen LogP contribution in [0.5, 0.6) is 11.5 Å². The quantitative estimate of drug-likeness (QED) is 0.196. The van der Waals surface area contributed by atoms with Gasteiger partial charge in [0, 0.05) is 29.4 Å². The second-order valence-electron chi connectivity index (χ2n) is 9.57. The summed E-state index contributed by atoms with van der Waals surface area (Å²) in [7, 11) is 1.98. The average Bonchev–Trinajstić information content (AvgIpc) is 3.52. The van der Waals surface area contributed by atoms with Crippen LogP contribution in [-0.4, -0.2) is 65.2 Å². The van der Waals surface area contributed by atoms with Crippen LogP contribution in [0.25, 0.3) is 10.9 Å². The third-order valence-electron chi connectivity index (χ3n) is 6.59. The number of hydrogen-bond acceptors (Lipinski definition) is 8. The number of fused-ring (bicyclic) bond motifs is 1. The lowest BCUT2D eigenvalue weighted by Gasteiger charge is -2.19. The van der Waals surface area contributed by atoms with Gasteiger partial charge in [-0.2, -0.15) is 26.3 Å². The van der Waals surface area contributed by atoms with Gasteiger partial charge in [-0.3, -0.25) is 9.69 Å². The monoisotopic (exact) mass is 601 g/mol. The summed E-state index contributed by atoms with van der Waals surface area (Å²) in [4.78, 5) is 46.1. The number of carbonyl (C=O) groups is 3. The molecule has 0 bridgehead atoms. The van der Waals surface area contributed by atoms with Gasteiger partial charge in [0.1, 0.15) is 5.82 Å². The van der Waals surface area contributed by atoms with E-state index in [4.69, 9.17) is 5.73 Å². The summed E-state index contributed by atoms with van der Waals surface area (Å²) in [5.74, 6) is -9.43. The molecule has 0 saturated carbocycles. The Kier molecular flexibility index (Phi) is 8.77. The number of hydrogen-bond donors (Lipinski definition) is 3. The zero-order valence-electron chi connectivity index (χ0n) is 22.0.